The van der Waals surface area contributed by atoms with E-state index in [2.05, 4.69) is 5.32 Å². The van der Waals surface area contributed by atoms with Crippen molar-refractivity contribution in [1.29, 1.82) is 5.41 Å². The summed E-state index contributed by atoms with van der Waals surface area (Å²) in [6.07, 6.45) is 0.302. The van der Waals surface area contributed by atoms with Crippen LogP contribution in [0.3, 0.4) is 0 Å². The number of aliphatic hydroxyl groups excluding tert-OH is 1. The average Bonchev–Trinajstić information content (AvgIpc) is 1.63. The standard InChI is InChI=1S/C5H13N3O/c1-4(9)2-3-8-5(6)7/h4,9H,2-3H2,1H3,(H4,6,7,8). The highest BCUT2D eigenvalue weighted by Crippen LogP contribution is 1.84. The number of nitrogens with two attached hydrogens (primary N) is 1. The van der Waals surface area contributed by atoms with Crippen molar-refractivity contribution in [2.45, 2.75) is 19.4 Å². The van der Waals surface area contributed by atoms with Gasteiger partial charge in [0, 0.05) is 6.54 Å². The molecule has 1 unspecified atom stereocenters. The number of nitrogens with one attached hydrogen (secondary N) is 2. The lowest BCUT2D eigenvalue weighted by Crippen LogP contribution is -2.32. The summed E-state index contributed by atoms with van der Waals surface area (Å²) in [6, 6.07) is 0. The number of rotatable bonds is 3. The van der Waals surface area contributed by atoms with Crippen LogP contribution in [0.1, 0.15) is 13.3 Å². The Morgan fingerprint density at radius 1 is 1.89 bits per heavy atom. The number of guanidine groups is 1. The van der Waals surface area contributed by atoms with Crippen molar-refractivity contribution in [2.24, 2.45) is 5.73 Å². The highest BCUT2D eigenvalue weighted by molar-refractivity contribution is 5.74. The first-order valence-electron chi connectivity index (χ1n) is 2.89. The molecule has 1 atom stereocenters. The maximum absolute atomic E-state index is 8.71. The largest absolute Gasteiger partial charge is 0.393 e. The SMILES string of the molecule is CC(O)CCNC(=N)N. The minimum absolute atomic E-state index is 0.0457. The molecule has 0 heterocycles. The Bertz CT molecular complexity index is 92.2. The molecule has 0 amide bonds. The lowest BCUT2D eigenvalue weighted by Gasteiger charge is -2.04. The van der Waals surface area contributed by atoms with Gasteiger partial charge in [-0.3, -0.25) is 5.41 Å². The minimum Gasteiger partial charge on any atom is -0.393 e. The van der Waals surface area contributed by atoms with Crippen molar-refractivity contribution in [3.05, 3.63) is 0 Å². The summed E-state index contributed by atoms with van der Waals surface area (Å²) in [5.41, 5.74) is 4.97. The van der Waals surface area contributed by atoms with Gasteiger partial charge in [-0.1, -0.05) is 0 Å². The van der Waals surface area contributed by atoms with Crippen LogP contribution < -0.4 is 11.1 Å². The molecule has 0 aromatic carbocycles. The zero-order valence-corrected chi connectivity index (χ0v) is 5.52. The second kappa shape index (κ2) is 4.14. The molecule has 54 valence electrons. The molecule has 0 spiro atoms. The third-order valence-electron chi connectivity index (χ3n) is 0.878. The van der Waals surface area contributed by atoms with Crippen molar-refractivity contribution in [3.63, 3.8) is 0 Å². The topological polar surface area (TPSA) is 82.1 Å². The molecule has 0 aliphatic rings. The Morgan fingerprint density at radius 3 is 2.78 bits per heavy atom. The van der Waals surface area contributed by atoms with E-state index in [1.165, 1.54) is 0 Å². The van der Waals surface area contributed by atoms with E-state index in [4.69, 9.17) is 16.2 Å². The van der Waals surface area contributed by atoms with Crippen LogP contribution in [0.2, 0.25) is 0 Å². The number of hydrogen-bond donors (Lipinski definition) is 4. The molecular weight excluding hydrogens is 118 g/mol. The van der Waals surface area contributed by atoms with Crippen LogP contribution in [-0.4, -0.2) is 23.7 Å². The molecular formula is C5H13N3O. The molecule has 0 radical (unpaired) electrons. The van der Waals surface area contributed by atoms with Crippen molar-refractivity contribution in [1.82, 2.24) is 5.32 Å². The van der Waals surface area contributed by atoms with Gasteiger partial charge in [0.05, 0.1) is 6.10 Å². The second-order valence-corrected chi connectivity index (χ2v) is 1.98. The van der Waals surface area contributed by atoms with E-state index >= 15 is 0 Å². The van der Waals surface area contributed by atoms with Crippen LogP contribution in [0.4, 0.5) is 0 Å². The van der Waals surface area contributed by atoms with Gasteiger partial charge in [-0.2, -0.15) is 0 Å². The average molecular weight is 131 g/mol. The Balaban J connectivity index is 3.01. The molecule has 9 heavy (non-hydrogen) atoms. The molecule has 4 heteroatoms. The molecule has 0 rings (SSSR count). The van der Waals surface area contributed by atoms with Gasteiger partial charge in [-0.25, -0.2) is 0 Å². The molecule has 4 nitrogen and oxygen atoms in total. The van der Waals surface area contributed by atoms with Gasteiger partial charge in [0.15, 0.2) is 5.96 Å². The fourth-order valence-electron chi connectivity index (χ4n) is 0.416. The van der Waals surface area contributed by atoms with Crippen molar-refractivity contribution in [2.75, 3.05) is 6.54 Å². The third-order valence-corrected chi connectivity index (χ3v) is 0.878. The van der Waals surface area contributed by atoms with Crippen LogP contribution >= 0.6 is 0 Å². The van der Waals surface area contributed by atoms with Crippen LogP contribution in [0.15, 0.2) is 0 Å². The quantitative estimate of drug-likeness (QED) is 0.300. The van der Waals surface area contributed by atoms with Crippen LogP contribution in [-0.2, 0) is 0 Å². The Hall–Kier alpha value is -0.770. The lowest BCUT2D eigenvalue weighted by atomic mass is 10.3. The zero-order chi connectivity index (χ0) is 7.28. The summed E-state index contributed by atoms with van der Waals surface area (Å²) in [7, 11) is 0. The van der Waals surface area contributed by atoms with E-state index < -0.39 is 0 Å². The van der Waals surface area contributed by atoms with Gasteiger partial charge < -0.3 is 16.2 Å². The third kappa shape index (κ3) is 7.23. The van der Waals surface area contributed by atoms with E-state index in [1.54, 1.807) is 6.92 Å². The molecule has 0 bridgehead atoms. The first-order chi connectivity index (χ1) is 4.13. The molecule has 0 saturated carbocycles. The van der Waals surface area contributed by atoms with E-state index in [0.29, 0.717) is 13.0 Å². The molecule has 0 aliphatic heterocycles. The van der Waals surface area contributed by atoms with Crippen LogP contribution in [0.25, 0.3) is 0 Å². The molecule has 0 fully saturated rings. The maximum Gasteiger partial charge on any atom is 0.185 e. The molecule has 0 aromatic rings. The van der Waals surface area contributed by atoms with Gasteiger partial charge in [-0.05, 0) is 13.3 Å². The van der Waals surface area contributed by atoms with E-state index in [0.717, 1.165) is 0 Å². The molecule has 0 aliphatic carbocycles. The first-order valence-corrected chi connectivity index (χ1v) is 2.89. The molecule has 0 aromatic heterocycles. The summed E-state index contributed by atoms with van der Waals surface area (Å²) in [5.74, 6) is -0.0457. The Morgan fingerprint density at radius 2 is 2.44 bits per heavy atom. The van der Waals surface area contributed by atoms with E-state index in [9.17, 15) is 0 Å². The predicted molar refractivity (Wildman–Crippen MR) is 36.2 cm³/mol. The van der Waals surface area contributed by atoms with Crippen molar-refractivity contribution < 1.29 is 5.11 Å². The number of hydrogen-bond acceptors (Lipinski definition) is 2. The van der Waals surface area contributed by atoms with Crippen LogP contribution in [0.5, 0.6) is 0 Å². The second-order valence-electron chi connectivity index (χ2n) is 1.98. The van der Waals surface area contributed by atoms with Gasteiger partial charge in [0.25, 0.3) is 0 Å². The van der Waals surface area contributed by atoms with E-state index in [-0.39, 0.29) is 12.1 Å². The number of aliphatic hydroxyl groups is 1. The summed E-state index contributed by atoms with van der Waals surface area (Å²) >= 11 is 0. The zero-order valence-electron chi connectivity index (χ0n) is 5.52. The first kappa shape index (κ1) is 8.23. The van der Waals surface area contributed by atoms with Gasteiger partial charge in [0.1, 0.15) is 0 Å². The maximum atomic E-state index is 8.71. The summed E-state index contributed by atoms with van der Waals surface area (Å²) in [4.78, 5) is 0. The van der Waals surface area contributed by atoms with Gasteiger partial charge >= 0.3 is 0 Å². The highest BCUT2D eigenvalue weighted by atomic mass is 16.3. The smallest absolute Gasteiger partial charge is 0.185 e. The molecule has 0 saturated heterocycles. The predicted octanol–water partition coefficient (Wildman–Crippen LogP) is -0.760. The van der Waals surface area contributed by atoms with Crippen molar-refractivity contribution in [3.8, 4) is 0 Å². The normalized spacial score (nSPS) is 12.7. The van der Waals surface area contributed by atoms with E-state index in [1.807, 2.05) is 0 Å². The van der Waals surface area contributed by atoms with Gasteiger partial charge in [-0.15, -0.1) is 0 Å². The summed E-state index contributed by atoms with van der Waals surface area (Å²) < 4.78 is 0. The summed E-state index contributed by atoms with van der Waals surface area (Å²) in [5, 5.41) is 18.0. The Kier molecular flexibility index (Phi) is 3.79. The van der Waals surface area contributed by atoms with Crippen LogP contribution in [0, 0.1) is 5.41 Å². The molecule has 5 N–H and O–H groups in total. The fraction of sp³-hybridized carbons (Fsp3) is 0.800. The lowest BCUT2D eigenvalue weighted by molar-refractivity contribution is 0.186. The fourth-order valence-corrected chi connectivity index (χ4v) is 0.416. The van der Waals surface area contributed by atoms with Crippen molar-refractivity contribution >= 4 is 5.96 Å². The van der Waals surface area contributed by atoms with Gasteiger partial charge in [0.2, 0.25) is 0 Å². The Labute approximate surface area is 54.6 Å². The minimum atomic E-state index is -0.322. The highest BCUT2D eigenvalue weighted by Gasteiger charge is 1.93. The monoisotopic (exact) mass is 131 g/mol. The summed E-state index contributed by atoms with van der Waals surface area (Å²) in [6.45, 7) is 2.26.